The van der Waals surface area contributed by atoms with Gasteiger partial charge in [-0.3, -0.25) is 0 Å². The van der Waals surface area contributed by atoms with Gasteiger partial charge in [-0.2, -0.15) is 0 Å². The van der Waals surface area contributed by atoms with Crippen LogP contribution in [0, 0.1) is 5.41 Å². The second kappa shape index (κ2) is 5.44. The second-order valence-corrected chi connectivity index (χ2v) is 11.1. The standard InChI is InChI=1S/C13H31N4P/c1-8-17(9-2)18(13(3,4)5)15(6)11-10-12(14)16(18)7/h14,18H,8-11H2,1-7H3. The number of rotatable bonds is 3. The SMILES string of the molecule is CCN(CC)[PH]1(C(C)(C)C)N(C)CCC(=N)N1C. The molecule has 0 aromatic carbocycles. The molecule has 0 amide bonds. The summed E-state index contributed by atoms with van der Waals surface area (Å²) in [6, 6.07) is 0. The van der Waals surface area contributed by atoms with Crippen molar-refractivity contribution in [1.82, 2.24) is 14.0 Å². The first-order valence-corrected chi connectivity index (χ1v) is 8.85. The van der Waals surface area contributed by atoms with Gasteiger partial charge in [0.15, 0.2) is 0 Å². The maximum absolute atomic E-state index is 8.27. The van der Waals surface area contributed by atoms with Crippen molar-refractivity contribution in [1.29, 1.82) is 5.41 Å². The van der Waals surface area contributed by atoms with Crippen LogP contribution < -0.4 is 0 Å². The van der Waals surface area contributed by atoms with Crippen LogP contribution in [0.1, 0.15) is 41.0 Å². The van der Waals surface area contributed by atoms with Gasteiger partial charge in [0.25, 0.3) is 0 Å². The third kappa shape index (κ3) is 2.19. The van der Waals surface area contributed by atoms with Gasteiger partial charge in [-0.15, -0.1) is 0 Å². The summed E-state index contributed by atoms with van der Waals surface area (Å²) in [5.41, 5.74) is 0. The molecule has 1 aliphatic rings. The van der Waals surface area contributed by atoms with E-state index < -0.39 is 7.71 Å². The first-order chi connectivity index (χ1) is 8.23. The molecule has 5 heteroatoms. The van der Waals surface area contributed by atoms with Gasteiger partial charge in [-0.1, -0.05) is 0 Å². The normalized spacial score (nSPS) is 23.6. The van der Waals surface area contributed by atoms with Gasteiger partial charge in [0.2, 0.25) is 0 Å². The van der Waals surface area contributed by atoms with Crippen LogP contribution in [-0.2, 0) is 0 Å². The van der Waals surface area contributed by atoms with Crippen LogP contribution in [0.3, 0.4) is 0 Å². The van der Waals surface area contributed by atoms with Crippen molar-refractivity contribution in [2.24, 2.45) is 0 Å². The van der Waals surface area contributed by atoms with Gasteiger partial charge in [-0.25, -0.2) is 0 Å². The number of hydrogen-bond acceptors (Lipinski definition) is 3. The molecule has 0 spiro atoms. The van der Waals surface area contributed by atoms with Crippen LogP contribution in [0.15, 0.2) is 0 Å². The fourth-order valence-corrected chi connectivity index (χ4v) is 10.0. The van der Waals surface area contributed by atoms with E-state index >= 15 is 0 Å². The van der Waals surface area contributed by atoms with Crippen LogP contribution in [0.4, 0.5) is 0 Å². The Hall–Kier alpha value is -0.180. The van der Waals surface area contributed by atoms with Gasteiger partial charge in [0.1, 0.15) is 0 Å². The molecule has 0 atom stereocenters. The Morgan fingerprint density at radius 3 is 2.11 bits per heavy atom. The molecule has 1 saturated heterocycles. The Morgan fingerprint density at radius 1 is 1.22 bits per heavy atom. The maximum atomic E-state index is 8.27. The molecular weight excluding hydrogens is 243 g/mol. The average molecular weight is 274 g/mol. The van der Waals surface area contributed by atoms with Crippen molar-refractivity contribution >= 4 is 13.6 Å². The number of nitrogens with zero attached hydrogens (tertiary/aromatic N) is 3. The van der Waals surface area contributed by atoms with E-state index in [2.05, 4.69) is 62.7 Å². The number of nitrogens with one attached hydrogen (secondary N) is 1. The summed E-state index contributed by atoms with van der Waals surface area (Å²) in [5, 5.41) is 8.46. The molecule has 108 valence electrons. The topological polar surface area (TPSA) is 33.6 Å². The Labute approximate surface area is 113 Å². The molecule has 1 N–H and O–H groups in total. The van der Waals surface area contributed by atoms with Crippen molar-refractivity contribution in [3.63, 3.8) is 0 Å². The van der Waals surface area contributed by atoms with Gasteiger partial charge < -0.3 is 0 Å². The van der Waals surface area contributed by atoms with Crippen LogP contribution in [-0.4, -0.2) is 58.7 Å². The molecule has 0 radical (unpaired) electrons. The first-order valence-electron chi connectivity index (χ1n) is 7.01. The summed E-state index contributed by atoms with van der Waals surface area (Å²) in [4.78, 5) is 0. The van der Waals surface area contributed by atoms with Crippen LogP contribution >= 0.6 is 7.71 Å². The molecule has 1 heterocycles. The minimum atomic E-state index is -2.01. The van der Waals surface area contributed by atoms with Crippen LogP contribution in [0.5, 0.6) is 0 Å². The Kier molecular flexibility index (Phi) is 4.80. The number of amidine groups is 1. The molecule has 0 aromatic heterocycles. The van der Waals surface area contributed by atoms with E-state index in [-0.39, 0.29) is 5.16 Å². The summed E-state index contributed by atoms with van der Waals surface area (Å²) in [5.74, 6) is 0.807. The van der Waals surface area contributed by atoms with E-state index in [9.17, 15) is 0 Å². The number of hydrogen-bond donors (Lipinski definition) is 1. The molecular formula is C13H31N4P. The van der Waals surface area contributed by atoms with Crippen molar-refractivity contribution < 1.29 is 0 Å². The van der Waals surface area contributed by atoms with E-state index in [0.29, 0.717) is 0 Å². The van der Waals surface area contributed by atoms with Gasteiger partial charge in [0, 0.05) is 0 Å². The van der Waals surface area contributed by atoms with E-state index in [1.165, 1.54) is 0 Å². The predicted molar refractivity (Wildman–Crippen MR) is 83.7 cm³/mol. The summed E-state index contributed by atoms with van der Waals surface area (Å²) in [6.45, 7) is 14.6. The zero-order valence-corrected chi connectivity index (χ0v) is 14.2. The summed E-state index contributed by atoms with van der Waals surface area (Å²) >= 11 is 0. The molecule has 4 nitrogen and oxygen atoms in total. The molecule has 1 fully saturated rings. The third-order valence-corrected chi connectivity index (χ3v) is 10.3. The van der Waals surface area contributed by atoms with E-state index in [1.807, 2.05) is 0 Å². The summed E-state index contributed by atoms with van der Waals surface area (Å²) < 4.78 is 7.47. The molecule has 0 aromatic rings. The zero-order valence-electron chi connectivity index (χ0n) is 13.2. The third-order valence-electron chi connectivity index (χ3n) is 4.30. The fourth-order valence-electron chi connectivity index (χ4n) is 3.71. The summed E-state index contributed by atoms with van der Waals surface area (Å²) in [7, 11) is 2.37. The second-order valence-electron chi connectivity index (χ2n) is 6.23. The first kappa shape index (κ1) is 15.9. The molecule has 1 rings (SSSR count). The quantitative estimate of drug-likeness (QED) is 0.803. The van der Waals surface area contributed by atoms with Crippen LogP contribution in [0.2, 0.25) is 0 Å². The van der Waals surface area contributed by atoms with Crippen molar-refractivity contribution in [3.8, 4) is 0 Å². The molecule has 0 saturated carbocycles. The summed E-state index contributed by atoms with van der Waals surface area (Å²) in [6.07, 6.45) is 0.874. The average Bonchev–Trinajstić information content (AvgIpc) is 2.28. The van der Waals surface area contributed by atoms with E-state index in [0.717, 1.165) is 31.9 Å². The Morgan fingerprint density at radius 2 is 1.72 bits per heavy atom. The van der Waals surface area contributed by atoms with E-state index in [4.69, 9.17) is 5.41 Å². The molecule has 18 heavy (non-hydrogen) atoms. The van der Waals surface area contributed by atoms with Gasteiger partial charge in [0.05, 0.1) is 0 Å². The zero-order chi connectivity index (χ0) is 14.1. The fraction of sp³-hybridized carbons (Fsp3) is 0.923. The van der Waals surface area contributed by atoms with Crippen LogP contribution in [0.25, 0.3) is 0 Å². The molecule has 0 unspecified atom stereocenters. The van der Waals surface area contributed by atoms with Crippen molar-refractivity contribution in [3.05, 3.63) is 0 Å². The minimum absolute atomic E-state index is 0.190. The van der Waals surface area contributed by atoms with E-state index in [1.54, 1.807) is 0 Å². The predicted octanol–water partition coefficient (Wildman–Crippen LogP) is 2.87. The monoisotopic (exact) mass is 274 g/mol. The Balaban J connectivity index is 3.37. The van der Waals surface area contributed by atoms with Crippen molar-refractivity contribution in [2.45, 2.75) is 46.2 Å². The molecule has 1 aliphatic heterocycles. The molecule has 0 bridgehead atoms. The van der Waals surface area contributed by atoms with Gasteiger partial charge >= 0.3 is 113 Å². The van der Waals surface area contributed by atoms with Gasteiger partial charge in [-0.05, 0) is 0 Å². The molecule has 0 aliphatic carbocycles. The van der Waals surface area contributed by atoms with Crippen molar-refractivity contribution in [2.75, 3.05) is 33.7 Å². The Bertz CT molecular complexity index is 309.